The summed E-state index contributed by atoms with van der Waals surface area (Å²) in [7, 11) is 0. The van der Waals surface area contributed by atoms with Gasteiger partial charge in [0.15, 0.2) is 0 Å². The summed E-state index contributed by atoms with van der Waals surface area (Å²) in [5.41, 5.74) is 4.41. The number of aromatic nitrogens is 2. The fraction of sp³-hybridized carbons (Fsp3) is 0.429. The van der Waals surface area contributed by atoms with E-state index in [2.05, 4.69) is 31.0 Å². The molecule has 1 aromatic heterocycles. The van der Waals surface area contributed by atoms with Crippen molar-refractivity contribution in [2.75, 3.05) is 6.26 Å². The van der Waals surface area contributed by atoms with Crippen molar-refractivity contribution in [3.63, 3.8) is 0 Å². The first kappa shape index (κ1) is 13.9. The zero-order chi connectivity index (χ0) is 14.0. The van der Waals surface area contributed by atoms with Crippen molar-refractivity contribution in [2.45, 2.75) is 32.6 Å². The summed E-state index contributed by atoms with van der Waals surface area (Å²) in [6, 6.07) is 4.18. The van der Waals surface area contributed by atoms with Crippen LogP contribution < -0.4 is 0 Å². The number of carbonyl (C=O) groups is 1. The van der Waals surface area contributed by atoms with Crippen LogP contribution in [0, 0.1) is 13.8 Å². The van der Waals surface area contributed by atoms with Crippen molar-refractivity contribution >= 4 is 28.8 Å². The molecule has 0 saturated carbocycles. The SMILES string of the molecule is CSCc1nc2cc(C)c(C)cc2n1CCC(=O)O. The number of carboxylic acid groups (broad SMARTS) is 1. The summed E-state index contributed by atoms with van der Waals surface area (Å²) >= 11 is 1.70. The van der Waals surface area contributed by atoms with Crippen molar-refractivity contribution in [3.05, 3.63) is 29.1 Å². The number of carboxylic acids is 1. The molecule has 0 atom stereocenters. The molecule has 1 heterocycles. The van der Waals surface area contributed by atoms with Gasteiger partial charge in [0.25, 0.3) is 0 Å². The highest BCUT2D eigenvalue weighted by Gasteiger charge is 2.12. The van der Waals surface area contributed by atoms with Crippen LogP contribution in [0.3, 0.4) is 0 Å². The third-order valence-corrected chi connectivity index (χ3v) is 3.81. The van der Waals surface area contributed by atoms with Gasteiger partial charge in [-0.2, -0.15) is 11.8 Å². The topological polar surface area (TPSA) is 55.1 Å². The zero-order valence-corrected chi connectivity index (χ0v) is 12.3. The largest absolute Gasteiger partial charge is 0.481 e. The second-order valence-corrected chi connectivity index (χ2v) is 5.55. The van der Waals surface area contributed by atoms with Crippen LogP contribution >= 0.6 is 11.8 Å². The van der Waals surface area contributed by atoms with E-state index in [4.69, 9.17) is 5.11 Å². The lowest BCUT2D eigenvalue weighted by Gasteiger charge is -2.07. The molecule has 0 radical (unpaired) electrons. The molecule has 1 N–H and O–H groups in total. The normalized spacial score (nSPS) is 11.1. The van der Waals surface area contributed by atoms with E-state index in [-0.39, 0.29) is 6.42 Å². The van der Waals surface area contributed by atoms with E-state index in [1.807, 2.05) is 10.8 Å². The Labute approximate surface area is 116 Å². The Morgan fingerprint density at radius 2 is 2.05 bits per heavy atom. The number of nitrogens with zero attached hydrogens (tertiary/aromatic N) is 2. The van der Waals surface area contributed by atoms with Crippen LogP contribution in [0.1, 0.15) is 23.4 Å². The molecule has 0 fully saturated rings. The monoisotopic (exact) mass is 278 g/mol. The Morgan fingerprint density at radius 3 is 2.68 bits per heavy atom. The number of rotatable bonds is 5. The van der Waals surface area contributed by atoms with Gasteiger partial charge in [0.1, 0.15) is 5.82 Å². The lowest BCUT2D eigenvalue weighted by molar-refractivity contribution is -0.137. The summed E-state index contributed by atoms with van der Waals surface area (Å²) in [5.74, 6) is 0.974. The summed E-state index contributed by atoms with van der Waals surface area (Å²) in [6.45, 7) is 4.61. The molecule has 0 aliphatic rings. The van der Waals surface area contributed by atoms with Crippen molar-refractivity contribution in [3.8, 4) is 0 Å². The van der Waals surface area contributed by atoms with Crippen LogP contribution in [0.4, 0.5) is 0 Å². The highest BCUT2D eigenvalue weighted by atomic mass is 32.2. The molecular weight excluding hydrogens is 260 g/mol. The van der Waals surface area contributed by atoms with Crippen LogP contribution in [-0.4, -0.2) is 26.9 Å². The average molecular weight is 278 g/mol. The van der Waals surface area contributed by atoms with Crippen molar-refractivity contribution in [1.82, 2.24) is 9.55 Å². The zero-order valence-electron chi connectivity index (χ0n) is 11.4. The van der Waals surface area contributed by atoms with Gasteiger partial charge in [-0.3, -0.25) is 4.79 Å². The highest BCUT2D eigenvalue weighted by molar-refractivity contribution is 7.97. The molecule has 2 aromatic rings. The molecule has 0 bridgehead atoms. The smallest absolute Gasteiger partial charge is 0.305 e. The molecule has 0 aliphatic heterocycles. The number of imidazole rings is 1. The molecule has 19 heavy (non-hydrogen) atoms. The van der Waals surface area contributed by atoms with Crippen LogP contribution in [0.25, 0.3) is 11.0 Å². The maximum Gasteiger partial charge on any atom is 0.305 e. The molecule has 0 amide bonds. The minimum atomic E-state index is -0.777. The minimum absolute atomic E-state index is 0.125. The van der Waals surface area contributed by atoms with Gasteiger partial charge in [-0.15, -0.1) is 0 Å². The second kappa shape index (κ2) is 5.65. The third kappa shape index (κ3) is 2.92. The third-order valence-electron chi connectivity index (χ3n) is 3.27. The molecule has 0 aliphatic carbocycles. The summed E-state index contributed by atoms with van der Waals surface area (Å²) < 4.78 is 2.03. The summed E-state index contributed by atoms with van der Waals surface area (Å²) in [4.78, 5) is 15.4. The molecule has 0 spiro atoms. The molecule has 4 nitrogen and oxygen atoms in total. The molecule has 0 saturated heterocycles. The van der Waals surface area contributed by atoms with E-state index in [0.717, 1.165) is 22.6 Å². The van der Waals surface area contributed by atoms with E-state index in [9.17, 15) is 4.79 Å². The van der Waals surface area contributed by atoms with Crippen molar-refractivity contribution in [1.29, 1.82) is 0 Å². The number of hydrogen-bond acceptors (Lipinski definition) is 3. The Hall–Kier alpha value is -1.49. The summed E-state index contributed by atoms with van der Waals surface area (Å²) in [6.07, 6.45) is 2.15. The van der Waals surface area contributed by atoms with Gasteiger partial charge in [0.2, 0.25) is 0 Å². The van der Waals surface area contributed by atoms with Gasteiger partial charge in [0, 0.05) is 6.54 Å². The highest BCUT2D eigenvalue weighted by Crippen LogP contribution is 2.23. The molecule has 5 heteroatoms. The molecular formula is C14H18N2O2S. The van der Waals surface area contributed by atoms with E-state index in [1.165, 1.54) is 11.1 Å². The molecule has 2 rings (SSSR count). The van der Waals surface area contributed by atoms with Gasteiger partial charge in [-0.1, -0.05) is 0 Å². The van der Waals surface area contributed by atoms with E-state index in [0.29, 0.717) is 6.54 Å². The number of aliphatic carboxylic acids is 1. The quantitative estimate of drug-likeness (QED) is 0.913. The van der Waals surface area contributed by atoms with Gasteiger partial charge < -0.3 is 9.67 Å². The van der Waals surface area contributed by atoms with Crippen LogP contribution in [0.2, 0.25) is 0 Å². The predicted octanol–water partition coefficient (Wildman–Crippen LogP) is 2.99. The first-order chi connectivity index (χ1) is 9.02. The number of fused-ring (bicyclic) bond motifs is 1. The Kier molecular flexibility index (Phi) is 4.14. The first-order valence-corrected chi connectivity index (χ1v) is 7.59. The van der Waals surface area contributed by atoms with Gasteiger partial charge in [-0.25, -0.2) is 4.98 Å². The maximum atomic E-state index is 10.8. The standard InChI is InChI=1S/C14H18N2O2S/c1-9-6-11-12(7-10(9)2)16(5-4-14(17)18)13(15-11)8-19-3/h6-7H,4-5,8H2,1-3H3,(H,17,18). The number of thioether (sulfide) groups is 1. The fourth-order valence-corrected chi connectivity index (χ4v) is 2.60. The summed E-state index contributed by atoms with van der Waals surface area (Å²) in [5, 5.41) is 8.86. The first-order valence-electron chi connectivity index (χ1n) is 6.20. The van der Waals surface area contributed by atoms with Gasteiger partial charge in [-0.05, 0) is 43.4 Å². The molecule has 102 valence electrons. The number of benzene rings is 1. The molecule has 1 aromatic carbocycles. The van der Waals surface area contributed by atoms with Crippen LogP contribution in [0.5, 0.6) is 0 Å². The maximum absolute atomic E-state index is 10.8. The molecule has 0 unspecified atom stereocenters. The number of hydrogen-bond donors (Lipinski definition) is 1. The Bertz CT molecular complexity index is 619. The van der Waals surface area contributed by atoms with Crippen molar-refractivity contribution < 1.29 is 9.90 Å². The average Bonchev–Trinajstić information content (AvgIpc) is 2.65. The van der Waals surface area contributed by atoms with E-state index < -0.39 is 5.97 Å². The Balaban J connectivity index is 2.51. The van der Waals surface area contributed by atoms with Crippen LogP contribution in [-0.2, 0) is 17.1 Å². The van der Waals surface area contributed by atoms with Crippen LogP contribution in [0.15, 0.2) is 12.1 Å². The van der Waals surface area contributed by atoms with Crippen molar-refractivity contribution in [2.24, 2.45) is 0 Å². The van der Waals surface area contributed by atoms with Gasteiger partial charge >= 0.3 is 5.97 Å². The minimum Gasteiger partial charge on any atom is -0.481 e. The second-order valence-electron chi connectivity index (χ2n) is 4.68. The fourth-order valence-electron chi connectivity index (χ4n) is 2.13. The number of aryl methyl sites for hydroxylation is 3. The van der Waals surface area contributed by atoms with E-state index >= 15 is 0 Å². The lowest BCUT2D eigenvalue weighted by atomic mass is 10.1. The predicted molar refractivity (Wildman–Crippen MR) is 78.7 cm³/mol. The lowest BCUT2D eigenvalue weighted by Crippen LogP contribution is -2.07. The van der Waals surface area contributed by atoms with Gasteiger partial charge in [0.05, 0.1) is 23.2 Å². The van der Waals surface area contributed by atoms with E-state index in [1.54, 1.807) is 11.8 Å². The Morgan fingerprint density at radius 1 is 1.37 bits per heavy atom.